The third kappa shape index (κ3) is 3.63. The lowest BCUT2D eigenvalue weighted by atomic mass is 10.2. The predicted molar refractivity (Wildman–Crippen MR) is 79.3 cm³/mol. The standard InChI is InChI=1S/C14H14N4O2S/c19-11(8-15-12(20)9-4-2-1-3-5-9)16-14-18-17-13(21-14)10-6-7-10/h1-5,10H,6-8H2,(H,15,20)(H,16,18,19). The predicted octanol–water partition coefficient (Wildman–Crippen LogP) is 1.78. The molecule has 1 heterocycles. The van der Waals surface area contributed by atoms with Gasteiger partial charge in [-0.05, 0) is 25.0 Å². The Morgan fingerprint density at radius 2 is 1.95 bits per heavy atom. The van der Waals surface area contributed by atoms with Crippen LogP contribution in [-0.2, 0) is 4.79 Å². The van der Waals surface area contributed by atoms with Crippen LogP contribution < -0.4 is 10.6 Å². The molecule has 0 atom stereocenters. The van der Waals surface area contributed by atoms with Crippen molar-refractivity contribution in [2.24, 2.45) is 0 Å². The van der Waals surface area contributed by atoms with Crippen molar-refractivity contribution in [2.75, 3.05) is 11.9 Å². The normalized spacial score (nSPS) is 13.7. The van der Waals surface area contributed by atoms with Crippen molar-refractivity contribution in [3.8, 4) is 0 Å². The second-order valence-electron chi connectivity index (χ2n) is 4.82. The summed E-state index contributed by atoms with van der Waals surface area (Å²) >= 11 is 1.40. The molecule has 0 aliphatic heterocycles. The molecule has 1 aliphatic carbocycles. The Hall–Kier alpha value is -2.28. The van der Waals surface area contributed by atoms with Gasteiger partial charge in [-0.2, -0.15) is 0 Å². The second kappa shape index (κ2) is 6.01. The van der Waals surface area contributed by atoms with Crippen LogP contribution in [0, 0.1) is 0 Å². The summed E-state index contributed by atoms with van der Waals surface area (Å²) in [6.07, 6.45) is 2.30. The van der Waals surface area contributed by atoms with Crippen molar-refractivity contribution in [3.05, 3.63) is 40.9 Å². The molecule has 0 saturated heterocycles. The van der Waals surface area contributed by atoms with Crippen LogP contribution in [0.4, 0.5) is 5.13 Å². The van der Waals surface area contributed by atoms with E-state index in [9.17, 15) is 9.59 Å². The minimum Gasteiger partial charge on any atom is -0.343 e. The van der Waals surface area contributed by atoms with Crippen LogP contribution >= 0.6 is 11.3 Å². The third-order valence-electron chi connectivity index (χ3n) is 3.06. The molecule has 1 aliphatic rings. The highest BCUT2D eigenvalue weighted by Gasteiger charge is 2.27. The molecule has 0 radical (unpaired) electrons. The first-order valence-corrected chi connectivity index (χ1v) is 7.50. The van der Waals surface area contributed by atoms with Gasteiger partial charge in [0.25, 0.3) is 5.91 Å². The summed E-state index contributed by atoms with van der Waals surface area (Å²) < 4.78 is 0. The number of carbonyl (C=O) groups is 2. The number of carbonyl (C=O) groups excluding carboxylic acids is 2. The lowest BCUT2D eigenvalue weighted by molar-refractivity contribution is -0.115. The van der Waals surface area contributed by atoms with Gasteiger partial charge < -0.3 is 5.32 Å². The van der Waals surface area contributed by atoms with Crippen molar-refractivity contribution >= 4 is 28.3 Å². The highest BCUT2D eigenvalue weighted by atomic mass is 32.1. The summed E-state index contributed by atoms with van der Waals surface area (Å²) in [5.41, 5.74) is 0.525. The van der Waals surface area contributed by atoms with Gasteiger partial charge in [-0.1, -0.05) is 29.5 Å². The summed E-state index contributed by atoms with van der Waals surface area (Å²) in [5, 5.41) is 14.6. The van der Waals surface area contributed by atoms with E-state index >= 15 is 0 Å². The number of hydrogen-bond donors (Lipinski definition) is 2. The van der Waals surface area contributed by atoms with E-state index in [-0.39, 0.29) is 18.4 Å². The Morgan fingerprint density at radius 3 is 2.67 bits per heavy atom. The monoisotopic (exact) mass is 302 g/mol. The van der Waals surface area contributed by atoms with E-state index in [0.717, 1.165) is 17.8 Å². The zero-order valence-electron chi connectivity index (χ0n) is 11.2. The van der Waals surface area contributed by atoms with E-state index in [1.165, 1.54) is 11.3 Å². The van der Waals surface area contributed by atoms with Crippen molar-refractivity contribution < 1.29 is 9.59 Å². The SMILES string of the molecule is O=C(CNC(=O)c1ccccc1)Nc1nnc(C2CC2)s1. The summed E-state index contributed by atoms with van der Waals surface area (Å²) in [6.45, 7) is -0.0912. The Balaban J connectivity index is 1.48. The molecule has 0 spiro atoms. The number of hydrogen-bond acceptors (Lipinski definition) is 5. The largest absolute Gasteiger partial charge is 0.343 e. The number of amides is 2. The molecule has 108 valence electrons. The van der Waals surface area contributed by atoms with Crippen LogP contribution in [0.3, 0.4) is 0 Å². The maximum atomic E-state index is 11.8. The topological polar surface area (TPSA) is 84.0 Å². The van der Waals surface area contributed by atoms with Crippen molar-refractivity contribution in [1.82, 2.24) is 15.5 Å². The average molecular weight is 302 g/mol. The first-order valence-electron chi connectivity index (χ1n) is 6.69. The molecule has 1 aromatic heterocycles. The van der Waals surface area contributed by atoms with Gasteiger partial charge in [-0.25, -0.2) is 0 Å². The van der Waals surface area contributed by atoms with Gasteiger partial charge in [-0.3, -0.25) is 14.9 Å². The minimum atomic E-state index is -0.308. The zero-order chi connectivity index (χ0) is 14.7. The van der Waals surface area contributed by atoms with E-state index in [1.807, 2.05) is 6.07 Å². The van der Waals surface area contributed by atoms with Gasteiger partial charge in [-0.15, -0.1) is 10.2 Å². The van der Waals surface area contributed by atoms with Gasteiger partial charge in [0.1, 0.15) is 5.01 Å². The molecule has 1 saturated carbocycles. The van der Waals surface area contributed by atoms with Crippen molar-refractivity contribution in [3.63, 3.8) is 0 Å². The molecule has 6 nitrogen and oxygen atoms in total. The number of benzene rings is 1. The molecule has 0 unspecified atom stereocenters. The summed E-state index contributed by atoms with van der Waals surface area (Å²) in [7, 11) is 0. The van der Waals surface area contributed by atoms with E-state index in [0.29, 0.717) is 16.6 Å². The molecule has 1 aromatic carbocycles. The van der Waals surface area contributed by atoms with Gasteiger partial charge in [0, 0.05) is 11.5 Å². The van der Waals surface area contributed by atoms with E-state index in [4.69, 9.17) is 0 Å². The molecule has 3 rings (SSSR count). The Bertz CT molecular complexity index is 652. The smallest absolute Gasteiger partial charge is 0.251 e. The van der Waals surface area contributed by atoms with Gasteiger partial charge in [0.15, 0.2) is 0 Å². The number of aromatic nitrogens is 2. The fourth-order valence-electron chi connectivity index (χ4n) is 1.80. The average Bonchev–Trinajstić information content (AvgIpc) is 3.26. The number of rotatable bonds is 5. The van der Waals surface area contributed by atoms with Crippen LogP contribution in [0.2, 0.25) is 0 Å². The molecule has 1 fully saturated rings. The van der Waals surface area contributed by atoms with Crippen molar-refractivity contribution in [1.29, 1.82) is 0 Å². The lowest BCUT2D eigenvalue weighted by Crippen LogP contribution is -2.32. The number of anilines is 1. The maximum Gasteiger partial charge on any atom is 0.251 e. The Labute approximate surface area is 125 Å². The van der Waals surface area contributed by atoms with Crippen molar-refractivity contribution in [2.45, 2.75) is 18.8 Å². The van der Waals surface area contributed by atoms with E-state index in [1.54, 1.807) is 24.3 Å². The van der Waals surface area contributed by atoms with Gasteiger partial charge in [0.2, 0.25) is 11.0 Å². The quantitative estimate of drug-likeness (QED) is 0.882. The molecule has 21 heavy (non-hydrogen) atoms. The first-order chi connectivity index (χ1) is 10.2. The Kier molecular flexibility index (Phi) is 3.92. The van der Waals surface area contributed by atoms with Gasteiger partial charge in [0.05, 0.1) is 6.54 Å². The molecular formula is C14H14N4O2S. The molecular weight excluding hydrogens is 288 g/mol. The lowest BCUT2D eigenvalue weighted by Gasteiger charge is -2.04. The maximum absolute atomic E-state index is 11.8. The first kappa shape index (κ1) is 13.7. The number of nitrogens with zero attached hydrogens (tertiary/aromatic N) is 2. The molecule has 0 bridgehead atoms. The van der Waals surface area contributed by atoms with Crippen LogP contribution in [0.1, 0.15) is 34.1 Å². The molecule has 7 heteroatoms. The second-order valence-corrected chi connectivity index (χ2v) is 5.83. The van der Waals surface area contributed by atoms with Crippen LogP contribution in [0.5, 0.6) is 0 Å². The summed E-state index contributed by atoms with van der Waals surface area (Å²) in [5.74, 6) is -0.0644. The van der Waals surface area contributed by atoms with Crippen LogP contribution in [0.25, 0.3) is 0 Å². The summed E-state index contributed by atoms with van der Waals surface area (Å²) in [6, 6.07) is 8.77. The summed E-state index contributed by atoms with van der Waals surface area (Å²) in [4.78, 5) is 23.5. The highest BCUT2D eigenvalue weighted by Crippen LogP contribution is 2.41. The molecule has 2 N–H and O–H groups in total. The third-order valence-corrected chi connectivity index (χ3v) is 4.06. The fourth-order valence-corrected chi connectivity index (χ4v) is 2.72. The highest BCUT2D eigenvalue weighted by molar-refractivity contribution is 7.15. The van der Waals surface area contributed by atoms with Crippen LogP contribution in [-0.4, -0.2) is 28.6 Å². The van der Waals surface area contributed by atoms with E-state index in [2.05, 4.69) is 20.8 Å². The Morgan fingerprint density at radius 1 is 1.19 bits per heavy atom. The zero-order valence-corrected chi connectivity index (χ0v) is 12.0. The molecule has 2 amide bonds. The number of nitrogens with one attached hydrogen (secondary N) is 2. The fraction of sp³-hybridized carbons (Fsp3) is 0.286. The van der Waals surface area contributed by atoms with Gasteiger partial charge >= 0.3 is 0 Å². The minimum absolute atomic E-state index is 0.0912. The molecule has 2 aromatic rings. The van der Waals surface area contributed by atoms with Crippen LogP contribution in [0.15, 0.2) is 30.3 Å². The van der Waals surface area contributed by atoms with E-state index < -0.39 is 0 Å².